The summed E-state index contributed by atoms with van der Waals surface area (Å²) < 4.78 is 6.01. The molecule has 2 nitrogen and oxygen atoms in total. The predicted molar refractivity (Wildman–Crippen MR) is 88.9 cm³/mol. The Morgan fingerprint density at radius 1 is 1.10 bits per heavy atom. The van der Waals surface area contributed by atoms with Gasteiger partial charge >= 0.3 is 0 Å². The highest BCUT2D eigenvalue weighted by atomic mass is 35.5. The van der Waals surface area contributed by atoms with Crippen molar-refractivity contribution in [1.29, 1.82) is 0 Å². The van der Waals surface area contributed by atoms with E-state index in [1.807, 2.05) is 36.4 Å². The van der Waals surface area contributed by atoms with Crippen LogP contribution in [0.1, 0.15) is 37.4 Å². The second kappa shape index (κ2) is 8.06. The van der Waals surface area contributed by atoms with Gasteiger partial charge < -0.3 is 10.1 Å². The van der Waals surface area contributed by atoms with E-state index in [1.165, 1.54) is 5.56 Å². The van der Waals surface area contributed by atoms with Crippen LogP contribution >= 0.6 is 11.6 Å². The second-order valence-electron chi connectivity index (χ2n) is 4.97. The zero-order chi connectivity index (χ0) is 15.1. The van der Waals surface area contributed by atoms with Crippen molar-refractivity contribution in [1.82, 2.24) is 5.32 Å². The van der Waals surface area contributed by atoms with Gasteiger partial charge in [0.05, 0.1) is 0 Å². The number of para-hydroxylation sites is 1. The normalized spacial score (nSPS) is 12.1. The summed E-state index contributed by atoms with van der Waals surface area (Å²) in [6.07, 6.45) is 1.03. The fourth-order valence-electron chi connectivity index (χ4n) is 2.41. The van der Waals surface area contributed by atoms with Crippen molar-refractivity contribution in [3.63, 3.8) is 0 Å². The maximum absolute atomic E-state index is 6.01. The Morgan fingerprint density at radius 3 is 2.62 bits per heavy atom. The van der Waals surface area contributed by atoms with Gasteiger partial charge in [-0.2, -0.15) is 0 Å². The van der Waals surface area contributed by atoms with Crippen molar-refractivity contribution >= 4 is 11.6 Å². The Kier molecular flexibility index (Phi) is 6.09. The van der Waals surface area contributed by atoms with Crippen LogP contribution in [0.15, 0.2) is 48.5 Å². The molecule has 1 N–H and O–H groups in total. The van der Waals surface area contributed by atoms with Gasteiger partial charge in [0.1, 0.15) is 12.4 Å². The smallest absolute Gasteiger partial charge is 0.124 e. The number of benzene rings is 2. The molecule has 2 rings (SSSR count). The highest BCUT2D eigenvalue weighted by Gasteiger charge is 2.13. The zero-order valence-corrected chi connectivity index (χ0v) is 13.4. The van der Waals surface area contributed by atoms with Gasteiger partial charge in [0.2, 0.25) is 0 Å². The van der Waals surface area contributed by atoms with Crippen molar-refractivity contribution in [2.75, 3.05) is 6.54 Å². The molecule has 0 bridgehead atoms. The first-order chi connectivity index (χ1) is 10.2. The van der Waals surface area contributed by atoms with Gasteiger partial charge in [-0.1, -0.05) is 55.8 Å². The lowest BCUT2D eigenvalue weighted by Gasteiger charge is -2.20. The number of halogens is 1. The summed E-state index contributed by atoms with van der Waals surface area (Å²) in [5.41, 5.74) is 2.29. The van der Waals surface area contributed by atoms with Gasteiger partial charge in [-0.05, 0) is 36.7 Å². The molecule has 21 heavy (non-hydrogen) atoms. The van der Waals surface area contributed by atoms with Crippen LogP contribution in [-0.2, 0) is 6.61 Å². The molecule has 1 unspecified atom stereocenters. The van der Waals surface area contributed by atoms with E-state index in [2.05, 4.69) is 31.3 Å². The minimum absolute atomic E-state index is 0.325. The lowest BCUT2D eigenvalue weighted by atomic mass is 10.0. The Morgan fingerprint density at radius 2 is 1.90 bits per heavy atom. The third-order valence-corrected chi connectivity index (χ3v) is 3.67. The zero-order valence-electron chi connectivity index (χ0n) is 12.6. The number of hydrogen-bond donors (Lipinski definition) is 1. The maximum Gasteiger partial charge on any atom is 0.124 e. The van der Waals surface area contributed by atoms with Gasteiger partial charge in [-0.3, -0.25) is 0 Å². The molecular formula is C18H22ClNO. The number of nitrogens with one attached hydrogen (secondary N) is 1. The summed E-state index contributed by atoms with van der Waals surface area (Å²) in [5.74, 6) is 0.935. The molecule has 3 heteroatoms. The molecule has 0 saturated carbocycles. The Labute approximate surface area is 132 Å². The first-order valence-electron chi connectivity index (χ1n) is 7.44. The first kappa shape index (κ1) is 15.9. The molecule has 1 atom stereocenters. The average Bonchev–Trinajstić information content (AvgIpc) is 2.51. The summed E-state index contributed by atoms with van der Waals surface area (Å²) in [5, 5.41) is 4.23. The number of hydrogen-bond acceptors (Lipinski definition) is 2. The Bertz CT molecular complexity index is 571. The summed E-state index contributed by atoms with van der Waals surface area (Å²) in [6.45, 7) is 5.78. The predicted octanol–water partition coefficient (Wildman–Crippen LogP) is 4.98. The molecule has 112 valence electrons. The van der Waals surface area contributed by atoms with E-state index in [-0.39, 0.29) is 0 Å². The summed E-state index contributed by atoms with van der Waals surface area (Å²) in [4.78, 5) is 0. The van der Waals surface area contributed by atoms with Gasteiger partial charge in [0.25, 0.3) is 0 Å². The third kappa shape index (κ3) is 4.48. The molecule has 0 saturated heterocycles. The largest absolute Gasteiger partial charge is 0.489 e. The molecule has 0 aliphatic rings. The first-order valence-corrected chi connectivity index (χ1v) is 7.82. The number of ether oxygens (including phenoxy) is 1. The quantitative estimate of drug-likeness (QED) is 0.779. The molecular weight excluding hydrogens is 282 g/mol. The molecule has 0 aromatic heterocycles. The van der Waals surface area contributed by atoms with E-state index < -0.39 is 0 Å². The lowest BCUT2D eigenvalue weighted by molar-refractivity contribution is 0.298. The van der Waals surface area contributed by atoms with Crippen LogP contribution in [0.2, 0.25) is 5.02 Å². The van der Waals surface area contributed by atoms with E-state index in [4.69, 9.17) is 16.3 Å². The molecule has 2 aromatic rings. The summed E-state index contributed by atoms with van der Waals surface area (Å²) in [7, 11) is 0. The van der Waals surface area contributed by atoms with Crippen molar-refractivity contribution < 1.29 is 4.74 Å². The monoisotopic (exact) mass is 303 g/mol. The Balaban J connectivity index is 2.12. The second-order valence-corrected chi connectivity index (χ2v) is 5.41. The van der Waals surface area contributed by atoms with E-state index in [1.54, 1.807) is 0 Å². The van der Waals surface area contributed by atoms with Gasteiger partial charge in [0.15, 0.2) is 0 Å². The van der Waals surface area contributed by atoms with E-state index in [9.17, 15) is 0 Å². The van der Waals surface area contributed by atoms with Crippen molar-refractivity contribution in [2.45, 2.75) is 32.9 Å². The van der Waals surface area contributed by atoms with E-state index >= 15 is 0 Å². The minimum atomic E-state index is 0.325. The van der Waals surface area contributed by atoms with Crippen LogP contribution in [-0.4, -0.2) is 6.54 Å². The lowest BCUT2D eigenvalue weighted by Crippen LogP contribution is -2.20. The molecule has 0 amide bonds. The van der Waals surface area contributed by atoms with Crippen LogP contribution in [0, 0.1) is 0 Å². The standard InChI is InChI=1S/C18H22ClNO/c1-3-17(20-4-2)16-10-5-6-11-18(16)21-13-14-8-7-9-15(19)12-14/h5-12,17,20H,3-4,13H2,1-2H3. The molecule has 2 aromatic carbocycles. The third-order valence-electron chi connectivity index (χ3n) is 3.44. The van der Waals surface area contributed by atoms with Crippen molar-refractivity contribution in [3.05, 3.63) is 64.7 Å². The molecule has 0 fully saturated rings. The van der Waals surface area contributed by atoms with E-state index in [0.29, 0.717) is 12.6 Å². The average molecular weight is 304 g/mol. The van der Waals surface area contributed by atoms with Crippen LogP contribution in [0.3, 0.4) is 0 Å². The van der Waals surface area contributed by atoms with Crippen LogP contribution in [0.5, 0.6) is 5.75 Å². The minimum Gasteiger partial charge on any atom is -0.489 e. The van der Waals surface area contributed by atoms with E-state index in [0.717, 1.165) is 29.3 Å². The van der Waals surface area contributed by atoms with Gasteiger partial charge in [-0.25, -0.2) is 0 Å². The molecule has 0 aliphatic carbocycles. The highest BCUT2D eigenvalue weighted by molar-refractivity contribution is 6.30. The highest BCUT2D eigenvalue weighted by Crippen LogP contribution is 2.28. The van der Waals surface area contributed by atoms with Gasteiger partial charge in [-0.15, -0.1) is 0 Å². The summed E-state index contributed by atoms with van der Waals surface area (Å²) in [6, 6.07) is 16.3. The fourth-order valence-corrected chi connectivity index (χ4v) is 2.62. The maximum atomic E-state index is 6.01. The fraction of sp³-hybridized carbons (Fsp3) is 0.333. The molecule has 0 heterocycles. The Hall–Kier alpha value is -1.51. The van der Waals surface area contributed by atoms with Crippen LogP contribution in [0.4, 0.5) is 0 Å². The molecule has 0 aliphatic heterocycles. The summed E-state index contributed by atoms with van der Waals surface area (Å²) >= 11 is 6.01. The SMILES string of the molecule is CCNC(CC)c1ccccc1OCc1cccc(Cl)c1. The molecule has 0 radical (unpaired) electrons. The van der Waals surface area contributed by atoms with Gasteiger partial charge in [0, 0.05) is 16.6 Å². The van der Waals surface area contributed by atoms with Crippen molar-refractivity contribution in [3.8, 4) is 5.75 Å². The van der Waals surface area contributed by atoms with Crippen molar-refractivity contribution in [2.24, 2.45) is 0 Å². The topological polar surface area (TPSA) is 21.3 Å². The number of rotatable bonds is 7. The molecule has 0 spiro atoms. The van der Waals surface area contributed by atoms with Crippen LogP contribution in [0.25, 0.3) is 0 Å². The van der Waals surface area contributed by atoms with Crippen LogP contribution < -0.4 is 10.1 Å².